The Morgan fingerprint density at radius 3 is 2.94 bits per heavy atom. The molecule has 0 aromatic carbocycles. The lowest BCUT2D eigenvalue weighted by Gasteiger charge is -2.07. The first kappa shape index (κ1) is 13.1. The number of carbonyl (C=O) groups is 1. The minimum Gasteiger partial charge on any atom is -0.392 e. The van der Waals surface area contributed by atoms with Crippen molar-refractivity contribution in [3.05, 3.63) is 47.8 Å². The van der Waals surface area contributed by atoms with Gasteiger partial charge in [-0.1, -0.05) is 6.58 Å². The summed E-state index contributed by atoms with van der Waals surface area (Å²) in [6.07, 6.45) is 3.22. The zero-order chi connectivity index (χ0) is 12.8. The predicted molar refractivity (Wildman–Crippen MR) is 67.6 cm³/mol. The van der Waals surface area contributed by atoms with Gasteiger partial charge in [0.15, 0.2) is 0 Å². The van der Waals surface area contributed by atoms with Crippen molar-refractivity contribution >= 4 is 11.6 Å². The molecule has 90 valence electrons. The van der Waals surface area contributed by atoms with Crippen LogP contribution in [0.25, 0.3) is 0 Å². The molecule has 1 aromatic heterocycles. The van der Waals surface area contributed by atoms with Crippen molar-refractivity contribution in [2.75, 3.05) is 11.9 Å². The number of anilines is 1. The Balaban J connectivity index is 2.74. The molecule has 0 atom stereocenters. The normalized spacial score (nSPS) is 11.1. The number of aromatic nitrogens is 1. The number of nitrogens with zero attached hydrogens (tertiary/aromatic N) is 1. The quantitative estimate of drug-likeness (QED) is 0.615. The first-order valence-corrected chi connectivity index (χ1v) is 5.24. The molecule has 4 nitrogen and oxygen atoms in total. The van der Waals surface area contributed by atoms with E-state index in [1.165, 1.54) is 0 Å². The van der Waals surface area contributed by atoms with Crippen LogP contribution >= 0.6 is 0 Å². The Morgan fingerprint density at radius 1 is 1.65 bits per heavy atom. The molecule has 1 heterocycles. The van der Waals surface area contributed by atoms with E-state index in [0.29, 0.717) is 16.8 Å². The highest BCUT2D eigenvalue weighted by atomic mass is 16.3. The lowest BCUT2D eigenvalue weighted by Crippen LogP contribution is -2.14. The molecule has 0 aliphatic heterocycles. The van der Waals surface area contributed by atoms with Crippen molar-refractivity contribution < 1.29 is 9.90 Å². The molecule has 1 aromatic rings. The van der Waals surface area contributed by atoms with Gasteiger partial charge in [0.25, 0.3) is 5.91 Å². The first-order valence-electron chi connectivity index (χ1n) is 5.24. The zero-order valence-electron chi connectivity index (χ0n) is 10.0. The number of nitrogens with one attached hydrogen (secondary N) is 1. The van der Waals surface area contributed by atoms with Crippen molar-refractivity contribution in [2.24, 2.45) is 0 Å². The lowest BCUT2D eigenvalue weighted by atomic mass is 10.2. The standard InChI is InChI=1S/C13H16N2O2/c1-9(8-16)7-10(2)13(17)15-12-5-4-6-14-11(12)3/h4-7,16H,2,8H2,1,3H3,(H,15,17)/b9-7+. The Morgan fingerprint density at radius 2 is 2.35 bits per heavy atom. The van der Waals surface area contributed by atoms with Crippen molar-refractivity contribution in [1.29, 1.82) is 0 Å². The molecule has 1 rings (SSSR count). The third kappa shape index (κ3) is 3.85. The Kier molecular flexibility index (Phi) is 4.60. The number of rotatable bonds is 4. The predicted octanol–water partition coefficient (Wildman–Crippen LogP) is 1.82. The van der Waals surface area contributed by atoms with E-state index in [1.54, 1.807) is 31.3 Å². The summed E-state index contributed by atoms with van der Waals surface area (Å²) in [5.74, 6) is -0.297. The van der Waals surface area contributed by atoms with Gasteiger partial charge in [0.05, 0.1) is 18.0 Å². The van der Waals surface area contributed by atoms with E-state index < -0.39 is 0 Å². The van der Waals surface area contributed by atoms with Gasteiger partial charge in [0.1, 0.15) is 0 Å². The Hall–Kier alpha value is -1.94. The molecule has 17 heavy (non-hydrogen) atoms. The van der Waals surface area contributed by atoms with Gasteiger partial charge in [-0.15, -0.1) is 0 Å². The van der Waals surface area contributed by atoms with E-state index in [1.807, 2.05) is 6.92 Å². The molecule has 0 saturated carbocycles. The van der Waals surface area contributed by atoms with Crippen LogP contribution in [0, 0.1) is 6.92 Å². The van der Waals surface area contributed by atoms with E-state index in [-0.39, 0.29) is 12.5 Å². The third-order valence-electron chi connectivity index (χ3n) is 2.22. The SMILES string of the molecule is C=C(/C=C(\C)CO)C(=O)Nc1cccnc1C. The van der Waals surface area contributed by atoms with Crippen LogP contribution in [0.4, 0.5) is 5.69 Å². The largest absolute Gasteiger partial charge is 0.392 e. The van der Waals surface area contributed by atoms with Gasteiger partial charge in [-0.05, 0) is 37.6 Å². The minimum atomic E-state index is -0.297. The van der Waals surface area contributed by atoms with Crippen molar-refractivity contribution in [3.8, 4) is 0 Å². The second-order valence-electron chi connectivity index (χ2n) is 3.76. The number of aryl methyl sites for hydroxylation is 1. The number of amides is 1. The second-order valence-corrected chi connectivity index (χ2v) is 3.76. The molecule has 0 saturated heterocycles. The summed E-state index contributed by atoms with van der Waals surface area (Å²) < 4.78 is 0. The fourth-order valence-corrected chi connectivity index (χ4v) is 1.23. The maximum Gasteiger partial charge on any atom is 0.255 e. The third-order valence-corrected chi connectivity index (χ3v) is 2.22. The Bertz CT molecular complexity index is 464. The number of carbonyl (C=O) groups excluding carboxylic acids is 1. The molecule has 0 radical (unpaired) electrons. The van der Waals surface area contributed by atoms with Gasteiger partial charge < -0.3 is 10.4 Å². The van der Waals surface area contributed by atoms with Crippen LogP contribution in [0.2, 0.25) is 0 Å². The van der Waals surface area contributed by atoms with Gasteiger partial charge in [-0.3, -0.25) is 9.78 Å². The van der Waals surface area contributed by atoms with Crippen LogP contribution in [0.1, 0.15) is 12.6 Å². The topological polar surface area (TPSA) is 62.2 Å². The number of aliphatic hydroxyl groups is 1. The van der Waals surface area contributed by atoms with Crippen LogP contribution < -0.4 is 5.32 Å². The van der Waals surface area contributed by atoms with Crippen LogP contribution in [-0.2, 0) is 4.79 Å². The van der Waals surface area contributed by atoms with E-state index in [2.05, 4.69) is 16.9 Å². The van der Waals surface area contributed by atoms with E-state index in [0.717, 1.165) is 5.69 Å². The molecule has 0 aliphatic rings. The summed E-state index contributed by atoms with van der Waals surface area (Å²) in [6, 6.07) is 3.52. The monoisotopic (exact) mass is 232 g/mol. The molecule has 0 unspecified atom stereocenters. The van der Waals surface area contributed by atoms with E-state index >= 15 is 0 Å². The fraction of sp³-hybridized carbons (Fsp3) is 0.231. The molecule has 0 bridgehead atoms. The van der Waals surface area contributed by atoms with Gasteiger partial charge in [-0.25, -0.2) is 0 Å². The molecule has 0 aliphatic carbocycles. The minimum absolute atomic E-state index is 0.0851. The maximum absolute atomic E-state index is 11.8. The van der Waals surface area contributed by atoms with Crippen LogP contribution in [0.15, 0.2) is 42.1 Å². The summed E-state index contributed by atoms with van der Waals surface area (Å²) in [7, 11) is 0. The van der Waals surface area contributed by atoms with Gasteiger partial charge in [-0.2, -0.15) is 0 Å². The molecule has 0 spiro atoms. The average Bonchev–Trinajstić information content (AvgIpc) is 2.31. The van der Waals surface area contributed by atoms with Crippen molar-refractivity contribution in [3.63, 3.8) is 0 Å². The lowest BCUT2D eigenvalue weighted by molar-refractivity contribution is -0.112. The van der Waals surface area contributed by atoms with Crippen LogP contribution in [-0.4, -0.2) is 22.6 Å². The molecular weight excluding hydrogens is 216 g/mol. The highest BCUT2D eigenvalue weighted by Gasteiger charge is 2.07. The van der Waals surface area contributed by atoms with Crippen molar-refractivity contribution in [2.45, 2.75) is 13.8 Å². The molecule has 4 heteroatoms. The fourth-order valence-electron chi connectivity index (χ4n) is 1.23. The number of pyridine rings is 1. The summed E-state index contributed by atoms with van der Waals surface area (Å²) in [5.41, 5.74) is 2.40. The highest BCUT2D eigenvalue weighted by Crippen LogP contribution is 2.12. The smallest absolute Gasteiger partial charge is 0.255 e. The average molecular weight is 232 g/mol. The zero-order valence-corrected chi connectivity index (χ0v) is 10.0. The maximum atomic E-state index is 11.8. The number of hydrogen-bond acceptors (Lipinski definition) is 3. The van der Waals surface area contributed by atoms with Gasteiger partial charge in [0.2, 0.25) is 0 Å². The summed E-state index contributed by atoms with van der Waals surface area (Å²) in [4.78, 5) is 15.8. The molecule has 1 amide bonds. The van der Waals surface area contributed by atoms with Gasteiger partial charge in [0, 0.05) is 11.8 Å². The van der Waals surface area contributed by atoms with E-state index in [9.17, 15) is 4.79 Å². The molecular formula is C13H16N2O2. The first-order chi connectivity index (χ1) is 8.04. The summed E-state index contributed by atoms with van der Waals surface area (Å²) in [5, 5.41) is 11.6. The summed E-state index contributed by atoms with van der Waals surface area (Å²) in [6.45, 7) is 7.11. The van der Waals surface area contributed by atoms with Crippen LogP contribution in [0.5, 0.6) is 0 Å². The summed E-state index contributed by atoms with van der Waals surface area (Å²) >= 11 is 0. The number of hydrogen-bond donors (Lipinski definition) is 2. The number of aliphatic hydroxyl groups excluding tert-OH is 1. The second kappa shape index (κ2) is 5.96. The van der Waals surface area contributed by atoms with Gasteiger partial charge >= 0.3 is 0 Å². The highest BCUT2D eigenvalue weighted by molar-refractivity contribution is 6.05. The Labute approximate surface area is 101 Å². The molecule has 0 fully saturated rings. The molecule has 2 N–H and O–H groups in total. The van der Waals surface area contributed by atoms with E-state index in [4.69, 9.17) is 5.11 Å². The van der Waals surface area contributed by atoms with Crippen LogP contribution in [0.3, 0.4) is 0 Å². The van der Waals surface area contributed by atoms with Crippen molar-refractivity contribution in [1.82, 2.24) is 4.98 Å².